The summed E-state index contributed by atoms with van der Waals surface area (Å²) in [5.74, 6) is -0.245. The molecule has 0 aliphatic rings. The number of alkyl halides is 1. The molecule has 0 aliphatic carbocycles. The summed E-state index contributed by atoms with van der Waals surface area (Å²) in [5.41, 5.74) is 0. The third-order valence-electron chi connectivity index (χ3n) is 0.772. The molecule has 0 aromatic carbocycles. The quantitative estimate of drug-likeness (QED) is 0.546. The molecule has 0 aromatic heterocycles. The fourth-order valence-corrected chi connectivity index (χ4v) is 0.397. The fourth-order valence-electron chi connectivity index (χ4n) is 0.320. The molecule has 2 N–H and O–H groups in total. The zero-order valence-electron chi connectivity index (χ0n) is 5.22. The molecule has 0 radical (unpaired) electrons. The van der Waals surface area contributed by atoms with E-state index in [2.05, 4.69) is 5.32 Å². The average Bonchev–Trinajstić information content (AvgIpc) is 1.82. The molecule has 0 saturated carbocycles. The first-order valence-electron chi connectivity index (χ1n) is 2.71. The van der Waals surface area contributed by atoms with Crippen LogP contribution in [-0.2, 0) is 4.79 Å². The van der Waals surface area contributed by atoms with E-state index in [4.69, 9.17) is 16.7 Å². The smallest absolute Gasteiger partial charge is 0.237 e. The van der Waals surface area contributed by atoms with Gasteiger partial charge < -0.3 is 10.4 Å². The van der Waals surface area contributed by atoms with E-state index in [0.717, 1.165) is 0 Å². The second kappa shape index (κ2) is 4.58. The molecule has 0 fully saturated rings. The van der Waals surface area contributed by atoms with Crippen LogP contribution < -0.4 is 5.32 Å². The number of nitrogens with one attached hydrogen (secondary N) is 1. The SMILES string of the molecule is CC(Cl)C(=O)NCCO. The van der Waals surface area contributed by atoms with Crippen molar-refractivity contribution in [3.63, 3.8) is 0 Å². The maximum absolute atomic E-state index is 10.5. The van der Waals surface area contributed by atoms with Gasteiger partial charge in [-0.05, 0) is 6.92 Å². The molecule has 0 aromatic rings. The maximum atomic E-state index is 10.5. The molecule has 1 amide bonds. The van der Waals surface area contributed by atoms with E-state index in [1.165, 1.54) is 0 Å². The van der Waals surface area contributed by atoms with Gasteiger partial charge in [0.05, 0.1) is 6.61 Å². The molecular weight excluding hydrogens is 142 g/mol. The van der Waals surface area contributed by atoms with Crippen molar-refractivity contribution in [3.05, 3.63) is 0 Å². The zero-order chi connectivity index (χ0) is 7.28. The van der Waals surface area contributed by atoms with Gasteiger partial charge in [-0.2, -0.15) is 0 Å². The lowest BCUT2D eigenvalue weighted by molar-refractivity contribution is -0.120. The number of hydrogen-bond donors (Lipinski definition) is 2. The van der Waals surface area contributed by atoms with Gasteiger partial charge in [0.1, 0.15) is 5.38 Å². The minimum atomic E-state index is -0.517. The van der Waals surface area contributed by atoms with Crippen molar-refractivity contribution in [2.75, 3.05) is 13.2 Å². The topological polar surface area (TPSA) is 49.3 Å². The Bertz CT molecular complexity index is 95.0. The third-order valence-corrected chi connectivity index (χ3v) is 0.971. The second-order valence-electron chi connectivity index (χ2n) is 1.63. The van der Waals surface area contributed by atoms with Crippen molar-refractivity contribution in [1.82, 2.24) is 5.32 Å². The van der Waals surface area contributed by atoms with E-state index in [-0.39, 0.29) is 19.1 Å². The van der Waals surface area contributed by atoms with Crippen molar-refractivity contribution in [2.45, 2.75) is 12.3 Å². The van der Waals surface area contributed by atoms with Gasteiger partial charge in [0.15, 0.2) is 0 Å². The van der Waals surface area contributed by atoms with E-state index in [9.17, 15) is 4.79 Å². The predicted molar refractivity (Wildman–Crippen MR) is 35.4 cm³/mol. The predicted octanol–water partition coefficient (Wildman–Crippen LogP) is -0.278. The Morgan fingerprint density at radius 2 is 2.44 bits per heavy atom. The fraction of sp³-hybridized carbons (Fsp3) is 0.800. The van der Waals surface area contributed by atoms with Crippen molar-refractivity contribution < 1.29 is 9.90 Å². The lowest BCUT2D eigenvalue weighted by Gasteiger charge is -2.02. The Kier molecular flexibility index (Phi) is 4.44. The number of carbonyl (C=O) groups excluding carboxylic acids is 1. The number of aliphatic hydroxyl groups is 1. The number of hydrogen-bond acceptors (Lipinski definition) is 2. The first-order chi connectivity index (χ1) is 4.18. The number of halogens is 1. The lowest BCUT2D eigenvalue weighted by Crippen LogP contribution is -2.31. The first kappa shape index (κ1) is 8.72. The van der Waals surface area contributed by atoms with Crippen LogP contribution in [-0.4, -0.2) is 29.5 Å². The van der Waals surface area contributed by atoms with Crippen LogP contribution in [0.1, 0.15) is 6.92 Å². The van der Waals surface area contributed by atoms with Crippen LogP contribution in [0.4, 0.5) is 0 Å². The summed E-state index contributed by atoms with van der Waals surface area (Å²) in [7, 11) is 0. The van der Waals surface area contributed by atoms with Crippen LogP contribution in [0, 0.1) is 0 Å². The Morgan fingerprint density at radius 3 is 2.78 bits per heavy atom. The number of amides is 1. The minimum absolute atomic E-state index is 0.0463. The number of aliphatic hydroxyl groups excluding tert-OH is 1. The Labute approximate surface area is 59.0 Å². The molecule has 1 unspecified atom stereocenters. The first-order valence-corrected chi connectivity index (χ1v) is 3.14. The summed E-state index contributed by atoms with van der Waals surface area (Å²) in [6.45, 7) is 1.81. The van der Waals surface area contributed by atoms with Gasteiger partial charge in [-0.1, -0.05) is 0 Å². The maximum Gasteiger partial charge on any atom is 0.237 e. The van der Waals surface area contributed by atoms with Crippen molar-refractivity contribution in [3.8, 4) is 0 Å². The van der Waals surface area contributed by atoms with E-state index in [1.807, 2.05) is 0 Å². The van der Waals surface area contributed by atoms with Crippen LogP contribution in [0.5, 0.6) is 0 Å². The monoisotopic (exact) mass is 151 g/mol. The standard InChI is InChI=1S/C5H10ClNO2/c1-4(6)5(9)7-2-3-8/h4,8H,2-3H2,1H3,(H,7,9). The molecule has 0 aliphatic heterocycles. The summed E-state index contributed by atoms with van der Waals surface area (Å²) in [4.78, 5) is 10.5. The summed E-state index contributed by atoms with van der Waals surface area (Å²) in [5, 5.41) is 10.1. The van der Waals surface area contributed by atoms with E-state index >= 15 is 0 Å². The summed E-state index contributed by atoms with van der Waals surface area (Å²) in [6.07, 6.45) is 0. The molecule has 1 atom stereocenters. The van der Waals surface area contributed by atoms with E-state index in [0.29, 0.717) is 0 Å². The molecule has 0 heterocycles. The Morgan fingerprint density at radius 1 is 1.89 bits per heavy atom. The van der Waals surface area contributed by atoms with Crippen LogP contribution >= 0.6 is 11.6 Å². The minimum Gasteiger partial charge on any atom is -0.395 e. The number of carbonyl (C=O) groups is 1. The molecule has 54 valence electrons. The highest BCUT2D eigenvalue weighted by molar-refractivity contribution is 6.30. The van der Waals surface area contributed by atoms with Gasteiger partial charge in [0, 0.05) is 6.54 Å². The molecular formula is C5H10ClNO2. The van der Waals surface area contributed by atoms with Gasteiger partial charge in [0.25, 0.3) is 0 Å². The molecule has 9 heavy (non-hydrogen) atoms. The molecule has 4 heteroatoms. The highest BCUT2D eigenvalue weighted by atomic mass is 35.5. The Hall–Kier alpha value is -0.280. The van der Waals surface area contributed by atoms with Gasteiger partial charge in [-0.3, -0.25) is 4.79 Å². The van der Waals surface area contributed by atoms with Gasteiger partial charge in [-0.15, -0.1) is 11.6 Å². The number of rotatable bonds is 3. The average molecular weight is 152 g/mol. The van der Waals surface area contributed by atoms with E-state index < -0.39 is 5.38 Å². The third kappa shape index (κ3) is 4.24. The zero-order valence-corrected chi connectivity index (χ0v) is 5.98. The van der Waals surface area contributed by atoms with Gasteiger partial charge in [-0.25, -0.2) is 0 Å². The van der Waals surface area contributed by atoms with Gasteiger partial charge in [0.2, 0.25) is 5.91 Å². The highest BCUT2D eigenvalue weighted by Crippen LogP contribution is 1.90. The summed E-state index contributed by atoms with van der Waals surface area (Å²) >= 11 is 5.37. The van der Waals surface area contributed by atoms with Crippen LogP contribution in [0.25, 0.3) is 0 Å². The Balaban J connectivity index is 3.28. The van der Waals surface area contributed by atoms with Crippen LogP contribution in [0.15, 0.2) is 0 Å². The second-order valence-corrected chi connectivity index (χ2v) is 2.29. The normalized spacial score (nSPS) is 12.8. The summed E-state index contributed by atoms with van der Waals surface area (Å²) < 4.78 is 0. The van der Waals surface area contributed by atoms with Crippen LogP contribution in [0.2, 0.25) is 0 Å². The van der Waals surface area contributed by atoms with Crippen molar-refractivity contribution >= 4 is 17.5 Å². The molecule has 0 bridgehead atoms. The molecule has 0 spiro atoms. The molecule has 0 saturated heterocycles. The van der Waals surface area contributed by atoms with Crippen molar-refractivity contribution in [1.29, 1.82) is 0 Å². The molecule has 3 nitrogen and oxygen atoms in total. The lowest BCUT2D eigenvalue weighted by atomic mass is 10.4. The molecule has 0 rings (SSSR count). The van der Waals surface area contributed by atoms with E-state index in [1.54, 1.807) is 6.92 Å². The summed E-state index contributed by atoms with van der Waals surface area (Å²) in [6, 6.07) is 0. The van der Waals surface area contributed by atoms with Crippen molar-refractivity contribution in [2.24, 2.45) is 0 Å². The largest absolute Gasteiger partial charge is 0.395 e. The highest BCUT2D eigenvalue weighted by Gasteiger charge is 2.05. The van der Waals surface area contributed by atoms with Gasteiger partial charge >= 0.3 is 0 Å². The van der Waals surface area contributed by atoms with Crippen LogP contribution in [0.3, 0.4) is 0 Å².